The lowest BCUT2D eigenvalue weighted by atomic mass is 10.1. The Kier molecular flexibility index (Phi) is 3.95. The number of ether oxygens (including phenoxy) is 1. The van der Waals surface area contributed by atoms with Crippen LogP contribution in [-0.2, 0) is 0 Å². The Labute approximate surface area is 122 Å². The number of halogens is 1. The van der Waals surface area contributed by atoms with E-state index in [0.717, 1.165) is 16.7 Å². The molecule has 0 atom stereocenters. The third-order valence-electron chi connectivity index (χ3n) is 3.00. The summed E-state index contributed by atoms with van der Waals surface area (Å²) in [5, 5.41) is 9.09. The van der Waals surface area contributed by atoms with Crippen molar-refractivity contribution in [3.05, 3.63) is 51.7 Å². The van der Waals surface area contributed by atoms with Crippen LogP contribution in [0.25, 0.3) is 0 Å². The molecule has 4 nitrogen and oxygen atoms in total. The van der Waals surface area contributed by atoms with Crippen molar-refractivity contribution < 1.29 is 14.6 Å². The molecule has 1 heterocycles. The summed E-state index contributed by atoms with van der Waals surface area (Å²) in [5.74, 6) is -0.257. The lowest BCUT2D eigenvalue weighted by molar-refractivity contribution is 0.0696. The highest BCUT2D eigenvalue weighted by atomic mass is 35.5. The smallest absolute Gasteiger partial charge is 0.335 e. The number of benzene rings is 1. The summed E-state index contributed by atoms with van der Waals surface area (Å²) < 4.78 is 5.68. The maximum atomic E-state index is 11.0. The van der Waals surface area contributed by atoms with Gasteiger partial charge in [0.05, 0.1) is 5.56 Å². The monoisotopic (exact) mass is 291 g/mol. The fourth-order valence-electron chi connectivity index (χ4n) is 1.87. The zero-order chi connectivity index (χ0) is 14.9. The molecule has 0 bridgehead atoms. The van der Waals surface area contributed by atoms with Crippen LogP contribution in [0.15, 0.2) is 24.3 Å². The van der Waals surface area contributed by atoms with Gasteiger partial charge >= 0.3 is 5.97 Å². The number of carbonyl (C=O) groups is 1. The summed E-state index contributed by atoms with van der Waals surface area (Å²) in [7, 11) is 0. The molecule has 0 fully saturated rings. The van der Waals surface area contributed by atoms with Gasteiger partial charge in [-0.1, -0.05) is 17.7 Å². The van der Waals surface area contributed by atoms with Gasteiger partial charge in [0, 0.05) is 6.07 Å². The summed E-state index contributed by atoms with van der Waals surface area (Å²) in [6.45, 7) is 5.89. The van der Waals surface area contributed by atoms with Crippen molar-refractivity contribution in [2.45, 2.75) is 20.8 Å². The fourth-order valence-corrected chi connectivity index (χ4v) is 2.07. The Hall–Kier alpha value is -2.07. The third kappa shape index (κ3) is 3.08. The zero-order valence-corrected chi connectivity index (χ0v) is 12.2. The zero-order valence-electron chi connectivity index (χ0n) is 11.4. The molecule has 20 heavy (non-hydrogen) atoms. The van der Waals surface area contributed by atoms with Crippen LogP contribution in [0, 0.1) is 20.8 Å². The molecule has 0 radical (unpaired) electrons. The summed E-state index contributed by atoms with van der Waals surface area (Å²) in [5.41, 5.74) is 3.18. The minimum absolute atomic E-state index is 0.0435. The van der Waals surface area contributed by atoms with Gasteiger partial charge in [0.2, 0.25) is 5.88 Å². The normalized spacial score (nSPS) is 10.4. The van der Waals surface area contributed by atoms with Crippen LogP contribution in [0.4, 0.5) is 0 Å². The second-order valence-corrected chi connectivity index (χ2v) is 5.02. The van der Waals surface area contributed by atoms with Crippen molar-refractivity contribution in [2.75, 3.05) is 0 Å². The first kappa shape index (κ1) is 14.3. The van der Waals surface area contributed by atoms with Gasteiger partial charge in [-0.2, -0.15) is 0 Å². The predicted molar refractivity (Wildman–Crippen MR) is 76.9 cm³/mol. The highest BCUT2D eigenvalue weighted by molar-refractivity contribution is 6.29. The Bertz CT molecular complexity index is 683. The van der Waals surface area contributed by atoms with E-state index in [1.807, 2.05) is 26.8 Å². The molecular weight excluding hydrogens is 278 g/mol. The molecule has 5 heteroatoms. The number of carboxylic acid groups (broad SMARTS) is 1. The van der Waals surface area contributed by atoms with Crippen LogP contribution >= 0.6 is 11.6 Å². The highest BCUT2D eigenvalue weighted by Gasteiger charge is 2.11. The summed E-state index contributed by atoms with van der Waals surface area (Å²) >= 11 is 5.81. The van der Waals surface area contributed by atoms with Crippen LogP contribution < -0.4 is 4.74 Å². The molecule has 0 aliphatic rings. The summed E-state index contributed by atoms with van der Waals surface area (Å²) in [6.07, 6.45) is 0. The third-order valence-corrected chi connectivity index (χ3v) is 3.19. The van der Waals surface area contributed by atoms with Crippen LogP contribution in [0.3, 0.4) is 0 Å². The van der Waals surface area contributed by atoms with Crippen LogP contribution in [0.5, 0.6) is 11.6 Å². The van der Waals surface area contributed by atoms with Gasteiger partial charge in [-0.15, -0.1) is 0 Å². The highest BCUT2D eigenvalue weighted by Crippen LogP contribution is 2.28. The van der Waals surface area contributed by atoms with E-state index >= 15 is 0 Å². The van der Waals surface area contributed by atoms with E-state index in [4.69, 9.17) is 21.4 Å². The molecule has 0 saturated carbocycles. The molecule has 0 spiro atoms. The summed E-state index contributed by atoms with van der Waals surface area (Å²) in [6, 6.07) is 6.57. The standard InChI is InChI=1S/C15H14ClNO3/c1-8-4-9(2)10(3)12(5-8)20-14-7-11(15(18)19)6-13(16)17-14/h4-7H,1-3H3,(H,18,19). The van der Waals surface area contributed by atoms with E-state index in [0.29, 0.717) is 5.75 Å². The van der Waals surface area contributed by atoms with Crippen molar-refractivity contribution >= 4 is 17.6 Å². The fraction of sp³-hybridized carbons (Fsp3) is 0.200. The molecule has 104 valence electrons. The Morgan fingerprint density at radius 1 is 1.20 bits per heavy atom. The first-order chi connectivity index (χ1) is 9.36. The number of aryl methyl sites for hydroxylation is 2. The second-order valence-electron chi connectivity index (χ2n) is 4.63. The van der Waals surface area contributed by atoms with E-state index in [1.165, 1.54) is 12.1 Å². The van der Waals surface area contributed by atoms with E-state index in [2.05, 4.69) is 11.1 Å². The van der Waals surface area contributed by atoms with E-state index in [-0.39, 0.29) is 16.6 Å². The number of hydrogen-bond donors (Lipinski definition) is 1. The molecule has 0 amide bonds. The van der Waals surface area contributed by atoms with E-state index in [1.54, 1.807) is 0 Å². The van der Waals surface area contributed by atoms with Gasteiger partial charge in [-0.25, -0.2) is 9.78 Å². The SMILES string of the molecule is Cc1cc(C)c(C)c(Oc2cc(C(=O)O)cc(Cl)n2)c1. The number of carboxylic acids is 1. The largest absolute Gasteiger partial charge is 0.478 e. The number of nitrogens with zero attached hydrogens (tertiary/aromatic N) is 1. The van der Waals surface area contributed by atoms with Crippen molar-refractivity contribution in [3.63, 3.8) is 0 Å². The Morgan fingerprint density at radius 2 is 1.90 bits per heavy atom. The van der Waals surface area contributed by atoms with Gasteiger partial charge in [-0.3, -0.25) is 0 Å². The average Bonchev–Trinajstić information content (AvgIpc) is 2.34. The minimum Gasteiger partial charge on any atom is -0.478 e. The topological polar surface area (TPSA) is 59.4 Å². The number of rotatable bonds is 3. The van der Waals surface area contributed by atoms with Crippen LogP contribution in [-0.4, -0.2) is 16.1 Å². The Morgan fingerprint density at radius 3 is 2.55 bits per heavy atom. The van der Waals surface area contributed by atoms with Gasteiger partial charge in [-0.05, 0) is 49.6 Å². The van der Waals surface area contributed by atoms with Crippen LogP contribution in [0.1, 0.15) is 27.0 Å². The molecular formula is C15H14ClNO3. The second kappa shape index (κ2) is 5.51. The molecule has 1 N–H and O–H groups in total. The Balaban J connectivity index is 2.42. The average molecular weight is 292 g/mol. The van der Waals surface area contributed by atoms with Gasteiger partial charge in [0.1, 0.15) is 10.9 Å². The van der Waals surface area contributed by atoms with Gasteiger partial charge in [0.15, 0.2) is 0 Å². The van der Waals surface area contributed by atoms with Crippen molar-refractivity contribution in [2.24, 2.45) is 0 Å². The van der Waals surface area contributed by atoms with Crippen molar-refractivity contribution in [3.8, 4) is 11.6 Å². The molecule has 0 saturated heterocycles. The van der Waals surface area contributed by atoms with Gasteiger partial charge < -0.3 is 9.84 Å². The van der Waals surface area contributed by atoms with Crippen molar-refractivity contribution in [1.29, 1.82) is 0 Å². The number of aromatic nitrogens is 1. The molecule has 1 aromatic carbocycles. The first-order valence-corrected chi connectivity index (χ1v) is 6.41. The molecule has 0 aliphatic heterocycles. The van der Waals surface area contributed by atoms with Gasteiger partial charge in [0.25, 0.3) is 0 Å². The molecule has 0 aliphatic carbocycles. The van der Waals surface area contributed by atoms with Crippen molar-refractivity contribution in [1.82, 2.24) is 4.98 Å². The maximum Gasteiger partial charge on any atom is 0.335 e. The predicted octanol–water partition coefficient (Wildman–Crippen LogP) is 4.15. The first-order valence-electron chi connectivity index (χ1n) is 6.03. The van der Waals surface area contributed by atoms with E-state index < -0.39 is 5.97 Å². The molecule has 0 unspecified atom stereocenters. The molecule has 1 aromatic heterocycles. The van der Waals surface area contributed by atoms with Crippen LogP contribution in [0.2, 0.25) is 5.15 Å². The number of pyridine rings is 1. The summed E-state index contributed by atoms with van der Waals surface area (Å²) in [4.78, 5) is 15.0. The molecule has 2 aromatic rings. The van der Waals surface area contributed by atoms with E-state index in [9.17, 15) is 4.79 Å². The minimum atomic E-state index is -1.07. The lowest BCUT2D eigenvalue weighted by Gasteiger charge is -2.12. The molecule has 2 rings (SSSR count). The maximum absolute atomic E-state index is 11.0. The lowest BCUT2D eigenvalue weighted by Crippen LogP contribution is -1.99. The number of hydrogen-bond acceptors (Lipinski definition) is 3. The quantitative estimate of drug-likeness (QED) is 0.863. The number of aromatic carboxylic acids is 1.